The third-order valence-corrected chi connectivity index (χ3v) is 3.15. The van der Waals surface area contributed by atoms with Gasteiger partial charge in [-0.05, 0) is 24.6 Å². The summed E-state index contributed by atoms with van der Waals surface area (Å²) in [5.41, 5.74) is 1.03. The number of carbonyl (C=O) groups excluding carboxylic acids is 1. The molecule has 1 aromatic heterocycles. The van der Waals surface area contributed by atoms with E-state index in [1.807, 2.05) is 24.3 Å². The number of ether oxygens (including phenoxy) is 1. The van der Waals surface area contributed by atoms with Crippen LogP contribution in [0.2, 0.25) is 0 Å². The molecule has 1 heterocycles. The van der Waals surface area contributed by atoms with E-state index < -0.39 is 6.04 Å². The summed E-state index contributed by atoms with van der Waals surface area (Å²) >= 11 is 3.38. The summed E-state index contributed by atoms with van der Waals surface area (Å²) in [6, 6.07) is 7.26. The van der Waals surface area contributed by atoms with E-state index in [0.29, 0.717) is 13.0 Å². The van der Waals surface area contributed by atoms with Gasteiger partial charge in [-0.25, -0.2) is 4.79 Å². The standard InChI is InChI=1S/C13H14BrN3O2/c1-2-19-13(18)12(17-15-7-8-16-17)9-10-3-5-11(14)6-4-10/h3-8,12H,2,9H2,1H3. The number of esters is 1. The first-order valence-corrected chi connectivity index (χ1v) is 6.77. The van der Waals surface area contributed by atoms with Gasteiger partial charge in [-0.2, -0.15) is 15.0 Å². The molecule has 0 aliphatic carbocycles. The van der Waals surface area contributed by atoms with Gasteiger partial charge in [0.25, 0.3) is 0 Å². The van der Waals surface area contributed by atoms with Crippen molar-refractivity contribution < 1.29 is 9.53 Å². The van der Waals surface area contributed by atoms with Crippen LogP contribution in [0.25, 0.3) is 0 Å². The van der Waals surface area contributed by atoms with Crippen LogP contribution in [0.15, 0.2) is 41.1 Å². The van der Waals surface area contributed by atoms with Crippen molar-refractivity contribution in [1.29, 1.82) is 0 Å². The van der Waals surface area contributed by atoms with Crippen LogP contribution in [0.4, 0.5) is 0 Å². The van der Waals surface area contributed by atoms with E-state index in [4.69, 9.17) is 4.74 Å². The van der Waals surface area contributed by atoms with Gasteiger partial charge >= 0.3 is 5.97 Å². The number of hydrogen-bond donors (Lipinski definition) is 0. The number of rotatable bonds is 5. The Hall–Kier alpha value is -1.69. The Morgan fingerprint density at radius 3 is 2.53 bits per heavy atom. The van der Waals surface area contributed by atoms with Gasteiger partial charge in [0.15, 0.2) is 6.04 Å². The monoisotopic (exact) mass is 323 g/mol. The predicted octanol–water partition coefficient (Wildman–Crippen LogP) is 2.39. The molecule has 0 N–H and O–H groups in total. The van der Waals surface area contributed by atoms with Crippen LogP contribution in [-0.4, -0.2) is 27.6 Å². The highest BCUT2D eigenvalue weighted by molar-refractivity contribution is 9.10. The summed E-state index contributed by atoms with van der Waals surface area (Å²) in [5.74, 6) is -0.318. The molecule has 19 heavy (non-hydrogen) atoms. The van der Waals surface area contributed by atoms with Crippen LogP contribution in [0.5, 0.6) is 0 Å². The van der Waals surface area contributed by atoms with Crippen LogP contribution in [0, 0.1) is 0 Å². The minimum absolute atomic E-state index is 0.318. The SMILES string of the molecule is CCOC(=O)C(Cc1ccc(Br)cc1)n1nccn1. The average Bonchev–Trinajstić information content (AvgIpc) is 2.92. The van der Waals surface area contributed by atoms with Crippen LogP contribution in [-0.2, 0) is 16.0 Å². The van der Waals surface area contributed by atoms with E-state index in [1.165, 1.54) is 4.80 Å². The molecule has 0 spiro atoms. The summed E-state index contributed by atoms with van der Waals surface area (Å²) in [4.78, 5) is 13.4. The maximum atomic E-state index is 12.0. The van der Waals surface area contributed by atoms with E-state index in [0.717, 1.165) is 10.0 Å². The molecule has 5 nitrogen and oxygen atoms in total. The molecule has 2 rings (SSSR count). The van der Waals surface area contributed by atoms with Crippen molar-refractivity contribution in [1.82, 2.24) is 15.0 Å². The lowest BCUT2D eigenvalue weighted by atomic mass is 10.1. The highest BCUT2D eigenvalue weighted by Crippen LogP contribution is 2.17. The predicted molar refractivity (Wildman–Crippen MR) is 73.5 cm³/mol. The zero-order valence-corrected chi connectivity index (χ0v) is 12.1. The second kappa shape index (κ2) is 6.47. The number of halogens is 1. The molecule has 0 bridgehead atoms. The lowest BCUT2D eigenvalue weighted by molar-refractivity contribution is -0.147. The Morgan fingerprint density at radius 2 is 1.95 bits per heavy atom. The molecule has 0 aliphatic heterocycles. The molecule has 1 unspecified atom stereocenters. The Bertz CT molecular complexity index is 525. The van der Waals surface area contributed by atoms with E-state index in [9.17, 15) is 4.79 Å². The first kappa shape index (κ1) is 13.7. The van der Waals surface area contributed by atoms with Crippen molar-refractivity contribution >= 4 is 21.9 Å². The first-order valence-electron chi connectivity index (χ1n) is 5.97. The number of aromatic nitrogens is 3. The average molecular weight is 324 g/mol. The van der Waals surface area contributed by atoms with Gasteiger partial charge < -0.3 is 4.74 Å². The smallest absolute Gasteiger partial charge is 0.333 e. The van der Waals surface area contributed by atoms with E-state index >= 15 is 0 Å². The molecule has 1 atom stereocenters. The van der Waals surface area contributed by atoms with Gasteiger partial charge in [0.05, 0.1) is 19.0 Å². The fourth-order valence-electron chi connectivity index (χ4n) is 1.73. The number of benzene rings is 1. The Morgan fingerprint density at radius 1 is 1.32 bits per heavy atom. The first-order chi connectivity index (χ1) is 9.20. The fourth-order valence-corrected chi connectivity index (χ4v) is 1.99. The summed E-state index contributed by atoms with van der Waals surface area (Å²) in [5, 5.41) is 8.06. The van der Waals surface area contributed by atoms with Crippen molar-refractivity contribution in [3.05, 3.63) is 46.7 Å². The normalized spacial score (nSPS) is 12.1. The number of hydrogen-bond acceptors (Lipinski definition) is 4. The molecule has 0 saturated carbocycles. The van der Waals surface area contributed by atoms with E-state index in [-0.39, 0.29) is 5.97 Å². The zero-order chi connectivity index (χ0) is 13.7. The Balaban J connectivity index is 2.18. The van der Waals surface area contributed by atoms with Crippen LogP contribution >= 0.6 is 15.9 Å². The van der Waals surface area contributed by atoms with Crippen LogP contribution in [0.3, 0.4) is 0 Å². The molecule has 2 aromatic rings. The fraction of sp³-hybridized carbons (Fsp3) is 0.308. The van der Waals surface area contributed by atoms with Crippen molar-refractivity contribution in [3.8, 4) is 0 Å². The van der Waals surface area contributed by atoms with E-state index in [1.54, 1.807) is 19.3 Å². The summed E-state index contributed by atoms with van der Waals surface area (Å²) < 4.78 is 6.08. The van der Waals surface area contributed by atoms with Gasteiger partial charge in [0.1, 0.15) is 0 Å². The van der Waals surface area contributed by atoms with Crippen molar-refractivity contribution in [2.24, 2.45) is 0 Å². The molecule has 0 saturated heterocycles. The largest absolute Gasteiger partial charge is 0.464 e. The molecule has 0 aliphatic rings. The van der Waals surface area contributed by atoms with Crippen molar-refractivity contribution in [3.63, 3.8) is 0 Å². The summed E-state index contributed by atoms with van der Waals surface area (Å²) in [7, 11) is 0. The van der Waals surface area contributed by atoms with Gasteiger partial charge in [-0.15, -0.1) is 0 Å². The molecule has 6 heteroatoms. The Kier molecular flexibility index (Phi) is 4.68. The number of carbonyl (C=O) groups is 1. The molecule has 100 valence electrons. The lowest BCUT2D eigenvalue weighted by Crippen LogP contribution is -2.26. The van der Waals surface area contributed by atoms with Crippen LogP contribution in [0.1, 0.15) is 18.5 Å². The number of nitrogens with zero attached hydrogens (tertiary/aromatic N) is 3. The molecule has 0 amide bonds. The van der Waals surface area contributed by atoms with Gasteiger partial charge in [0, 0.05) is 10.9 Å². The zero-order valence-electron chi connectivity index (χ0n) is 10.5. The summed E-state index contributed by atoms with van der Waals surface area (Å²) in [6.45, 7) is 2.13. The highest BCUT2D eigenvalue weighted by Gasteiger charge is 2.23. The quantitative estimate of drug-likeness (QED) is 0.793. The second-order valence-electron chi connectivity index (χ2n) is 3.95. The third-order valence-electron chi connectivity index (χ3n) is 2.62. The second-order valence-corrected chi connectivity index (χ2v) is 4.86. The minimum Gasteiger partial charge on any atom is -0.464 e. The minimum atomic E-state index is -0.531. The van der Waals surface area contributed by atoms with Crippen molar-refractivity contribution in [2.45, 2.75) is 19.4 Å². The van der Waals surface area contributed by atoms with Crippen LogP contribution < -0.4 is 0 Å². The highest BCUT2D eigenvalue weighted by atomic mass is 79.9. The third kappa shape index (κ3) is 3.64. The van der Waals surface area contributed by atoms with E-state index in [2.05, 4.69) is 26.1 Å². The van der Waals surface area contributed by atoms with Crippen molar-refractivity contribution in [2.75, 3.05) is 6.61 Å². The van der Waals surface area contributed by atoms with Gasteiger partial charge in [-0.3, -0.25) is 0 Å². The topological polar surface area (TPSA) is 57.0 Å². The molecule has 0 fully saturated rings. The molecular formula is C13H14BrN3O2. The summed E-state index contributed by atoms with van der Waals surface area (Å²) in [6.07, 6.45) is 3.60. The Labute approximate surface area is 119 Å². The molecule has 0 radical (unpaired) electrons. The maximum Gasteiger partial charge on any atom is 0.333 e. The van der Waals surface area contributed by atoms with Gasteiger partial charge in [0.2, 0.25) is 0 Å². The van der Waals surface area contributed by atoms with Gasteiger partial charge in [-0.1, -0.05) is 28.1 Å². The lowest BCUT2D eigenvalue weighted by Gasteiger charge is -2.14. The molecular weight excluding hydrogens is 310 g/mol. The maximum absolute atomic E-state index is 12.0. The molecule has 1 aromatic carbocycles.